The molecule has 0 radical (unpaired) electrons. The van der Waals surface area contributed by atoms with Crippen molar-refractivity contribution in [3.05, 3.63) is 206 Å². The Kier molecular flexibility index (Phi) is 7.67. The Bertz CT molecular complexity index is 4790. The summed E-state index contributed by atoms with van der Waals surface area (Å²) in [7, 11) is 0. The Morgan fingerprint density at radius 1 is 0.343 bits per heavy atom. The maximum absolute atomic E-state index is 7.07. The van der Waals surface area contributed by atoms with Gasteiger partial charge in [0.15, 0.2) is 17.5 Å². The Balaban J connectivity index is 1.06. The topological polar surface area (TPSA) is 69.9 Å². The van der Waals surface area contributed by atoms with Crippen LogP contribution in [0.15, 0.2) is 215 Å². The van der Waals surface area contributed by atoms with Gasteiger partial charge in [-0.25, -0.2) is 15.0 Å². The van der Waals surface area contributed by atoms with E-state index in [9.17, 15) is 0 Å². The second kappa shape index (κ2) is 14.2. The van der Waals surface area contributed by atoms with E-state index in [1.165, 1.54) is 47.1 Å². The number of nitrogens with zero attached hydrogens (tertiary/aromatic N) is 4. The highest BCUT2D eigenvalue weighted by molar-refractivity contribution is 7.25. The van der Waals surface area contributed by atoms with Gasteiger partial charge >= 0.3 is 0 Å². The van der Waals surface area contributed by atoms with E-state index >= 15 is 0 Å². The molecule has 0 spiro atoms. The van der Waals surface area contributed by atoms with Gasteiger partial charge in [0.05, 0.1) is 22.1 Å². The number of rotatable bonds is 4. The Hall–Kier alpha value is -9.17. The zero-order valence-electron chi connectivity index (χ0n) is 37.1. The molecule has 70 heavy (non-hydrogen) atoms. The molecule has 0 aliphatic rings. The van der Waals surface area contributed by atoms with Crippen LogP contribution in [0.4, 0.5) is 0 Å². The molecule has 7 heteroatoms. The summed E-state index contributed by atoms with van der Waals surface area (Å²) in [6.45, 7) is 0. The van der Waals surface area contributed by atoms with Gasteiger partial charge in [-0.1, -0.05) is 146 Å². The van der Waals surface area contributed by atoms with E-state index in [4.69, 9.17) is 23.8 Å². The van der Waals surface area contributed by atoms with Crippen LogP contribution in [0, 0.1) is 0 Å². The average Bonchev–Trinajstić information content (AvgIpc) is 4.18. The van der Waals surface area contributed by atoms with Crippen LogP contribution in [0.5, 0.6) is 0 Å². The lowest BCUT2D eigenvalue weighted by atomic mass is 10.0. The summed E-state index contributed by atoms with van der Waals surface area (Å²) in [5.74, 6) is 1.68. The summed E-state index contributed by atoms with van der Waals surface area (Å²) in [5.41, 5.74) is 8.97. The maximum Gasteiger partial charge on any atom is 0.164 e. The van der Waals surface area contributed by atoms with Crippen LogP contribution in [0.3, 0.4) is 0 Å². The van der Waals surface area contributed by atoms with E-state index in [1.807, 2.05) is 24.3 Å². The number of fused-ring (bicyclic) bond motifs is 16. The van der Waals surface area contributed by atoms with E-state index in [1.54, 1.807) is 11.3 Å². The molecule has 11 aromatic carbocycles. The van der Waals surface area contributed by atoms with Gasteiger partial charge in [-0.15, -0.1) is 11.3 Å². The normalized spacial score (nSPS) is 12.3. The summed E-state index contributed by atoms with van der Waals surface area (Å²) in [6, 6.07) is 73.3. The molecule has 324 valence electrons. The summed E-state index contributed by atoms with van der Waals surface area (Å²) in [4.78, 5) is 16.4. The monoisotopic (exact) mass is 910 g/mol. The summed E-state index contributed by atoms with van der Waals surface area (Å²) >= 11 is 1.78. The SMILES string of the molecule is c1ccc2cc3c(cc2c1)oc1cc(-c2nc(-c4cccc5oc6ccccc6c45)nc(-c4cccc5sc6ccccc6c45)n2)cc(-n2c4cc5ccccc5cc4c4ccc5ccccc5c42)c13. The van der Waals surface area contributed by atoms with Crippen molar-refractivity contribution in [2.45, 2.75) is 0 Å². The van der Waals surface area contributed by atoms with Gasteiger partial charge in [-0.05, 0) is 87.6 Å². The van der Waals surface area contributed by atoms with Crippen molar-refractivity contribution in [1.82, 2.24) is 19.5 Å². The number of aromatic nitrogens is 4. The van der Waals surface area contributed by atoms with Crippen molar-refractivity contribution in [2.75, 3.05) is 0 Å². The fraction of sp³-hybridized carbons (Fsp3) is 0. The van der Waals surface area contributed by atoms with E-state index in [0.717, 1.165) is 93.4 Å². The average molecular weight is 911 g/mol. The minimum absolute atomic E-state index is 0.534. The van der Waals surface area contributed by atoms with Crippen LogP contribution >= 0.6 is 11.3 Å². The quantitative estimate of drug-likeness (QED) is 0.176. The molecule has 6 nitrogen and oxygen atoms in total. The van der Waals surface area contributed by atoms with Crippen molar-refractivity contribution in [3.63, 3.8) is 0 Å². The molecule has 16 aromatic rings. The van der Waals surface area contributed by atoms with Gasteiger partial charge < -0.3 is 13.4 Å². The molecule has 5 heterocycles. The lowest BCUT2D eigenvalue weighted by molar-refractivity contribution is 0.669. The first-order valence-electron chi connectivity index (χ1n) is 23.5. The predicted octanol–water partition coefficient (Wildman–Crippen LogP) is 17.6. The highest BCUT2D eigenvalue weighted by atomic mass is 32.1. The highest BCUT2D eigenvalue weighted by Gasteiger charge is 2.25. The molecule has 0 bridgehead atoms. The molecule has 0 saturated carbocycles. The zero-order chi connectivity index (χ0) is 45.6. The van der Waals surface area contributed by atoms with Crippen LogP contribution in [0.1, 0.15) is 0 Å². The predicted molar refractivity (Wildman–Crippen MR) is 290 cm³/mol. The van der Waals surface area contributed by atoms with Crippen molar-refractivity contribution in [2.24, 2.45) is 0 Å². The molecule has 16 rings (SSSR count). The highest BCUT2D eigenvalue weighted by Crippen LogP contribution is 2.46. The second-order valence-electron chi connectivity index (χ2n) is 18.3. The maximum atomic E-state index is 7.07. The van der Waals surface area contributed by atoms with Gasteiger partial charge in [0.25, 0.3) is 0 Å². The van der Waals surface area contributed by atoms with Gasteiger partial charge in [-0.2, -0.15) is 0 Å². The first-order chi connectivity index (χ1) is 34.7. The van der Waals surface area contributed by atoms with Gasteiger partial charge in [-0.3, -0.25) is 0 Å². The number of furan rings is 2. The molecule has 0 aliphatic heterocycles. The third kappa shape index (κ3) is 5.40. The van der Waals surface area contributed by atoms with Crippen molar-refractivity contribution >= 4 is 130 Å². The second-order valence-corrected chi connectivity index (χ2v) is 19.3. The first kappa shape index (κ1) is 37.9. The van der Waals surface area contributed by atoms with Crippen molar-refractivity contribution < 1.29 is 8.83 Å². The first-order valence-corrected chi connectivity index (χ1v) is 24.3. The van der Waals surface area contributed by atoms with Crippen molar-refractivity contribution in [1.29, 1.82) is 0 Å². The van der Waals surface area contributed by atoms with E-state index in [2.05, 4.69) is 187 Å². The number of benzene rings is 11. The summed E-state index contributed by atoms with van der Waals surface area (Å²) in [5, 5.41) is 15.6. The fourth-order valence-corrected chi connectivity index (χ4v) is 12.4. The van der Waals surface area contributed by atoms with Gasteiger partial charge in [0, 0.05) is 69.2 Å². The molecule has 0 fully saturated rings. The van der Waals surface area contributed by atoms with Crippen molar-refractivity contribution in [3.8, 4) is 39.9 Å². The Morgan fingerprint density at radius 3 is 1.76 bits per heavy atom. The zero-order valence-corrected chi connectivity index (χ0v) is 38.0. The Morgan fingerprint density at radius 2 is 0.943 bits per heavy atom. The molecule has 0 N–H and O–H groups in total. The molecule has 0 aliphatic carbocycles. The van der Waals surface area contributed by atoms with Gasteiger partial charge in [0.1, 0.15) is 22.3 Å². The number of hydrogen-bond donors (Lipinski definition) is 0. The Labute approximate surface area is 401 Å². The van der Waals surface area contributed by atoms with Crippen LogP contribution in [-0.4, -0.2) is 19.5 Å². The van der Waals surface area contributed by atoms with E-state index < -0.39 is 0 Å². The van der Waals surface area contributed by atoms with Crippen LogP contribution in [0.2, 0.25) is 0 Å². The fourth-order valence-electron chi connectivity index (χ4n) is 11.3. The number of thiophene rings is 1. The molecular weight excluding hydrogens is 877 g/mol. The van der Waals surface area contributed by atoms with E-state index in [0.29, 0.717) is 17.5 Å². The number of hydrogen-bond acceptors (Lipinski definition) is 6. The molecule has 0 atom stereocenters. The summed E-state index contributed by atoms with van der Waals surface area (Å²) in [6.07, 6.45) is 0. The third-order valence-corrected chi connectivity index (χ3v) is 15.5. The minimum Gasteiger partial charge on any atom is -0.456 e. The largest absolute Gasteiger partial charge is 0.456 e. The lowest BCUT2D eigenvalue weighted by Crippen LogP contribution is -2.02. The van der Waals surface area contributed by atoms with Crippen LogP contribution in [-0.2, 0) is 0 Å². The smallest absolute Gasteiger partial charge is 0.164 e. The molecular formula is C63H34N4O2S. The molecule has 0 unspecified atom stereocenters. The molecule has 5 aromatic heterocycles. The van der Waals surface area contributed by atoms with Crippen LogP contribution < -0.4 is 0 Å². The van der Waals surface area contributed by atoms with Crippen LogP contribution in [0.25, 0.3) is 158 Å². The standard InChI is InChI=1S/C63H34N4O2S/c1-3-16-38-31-49-47(29-36(38)14-1)42-28-27-35-13-5-6-18-41(35)60(42)67(49)50-32-40(34-54-59(50)48-30-37-15-2-4-17-39(37)33-53(48)69-54)61-64-62(45-21-11-24-52-57(45)43-19-7-9-23-51(43)68-52)66-63(65-61)46-22-12-26-56-58(46)44-20-8-10-25-55(44)70-56/h1-34H. The van der Waals surface area contributed by atoms with E-state index in [-0.39, 0.29) is 0 Å². The molecule has 0 saturated heterocycles. The lowest BCUT2D eigenvalue weighted by Gasteiger charge is -2.15. The minimum atomic E-state index is 0.534. The third-order valence-electron chi connectivity index (χ3n) is 14.4. The number of para-hydroxylation sites is 1. The summed E-state index contributed by atoms with van der Waals surface area (Å²) < 4.78 is 18.4. The van der Waals surface area contributed by atoms with Gasteiger partial charge in [0.2, 0.25) is 0 Å². The molecule has 0 amide bonds.